The van der Waals surface area contributed by atoms with E-state index in [2.05, 4.69) is 30.3 Å². The number of fused-ring (bicyclic) bond motifs is 1. The molecule has 0 aliphatic heterocycles. The van der Waals surface area contributed by atoms with Crippen molar-refractivity contribution in [2.75, 3.05) is 6.61 Å². The molecule has 106 valence electrons. The second-order valence-corrected chi connectivity index (χ2v) is 5.15. The van der Waals surface area contributed by atoms with Crippen LogP contribution in [0.1, 0.15) is 36.0 Å². The second-order valence-electron chi connectivity index (χ2n) is 5.15. The van der Waals surface area contributed by atoms with E-state index in [1.165, 1.54) is 22.3 Å². The summed E-state index contributed by atoms with van der Waals surface area (Å²) in [4.78, 5) is 11.8. The lowest BCUT2D eigenvalue weighted by atomic mass is 9.96. The van der Waals surface area contributed by atoms with E-state index >= 15 is 0 Å². The Morgan fingerprint density at radius 2 is 1.76 bits per heavy atom. The number of benzene rings is 2. The largest absolute Gasteiger partial charge is 0.466 e. The first-order chi connectivity index (χ1) is 10.3. The Morgan fingerprint density at radius 3 is 2.52 bits per heavy atom. The average molecular weight is 278 g/mol. The third kappa shape index (κ3) is 2.75. The molecule has 0 heterocycles. The van der Waals surface area contributed by atoms with Crippen molar-refractivity contribution in [3.05, 3.63) is 77.4 Å². The van der Waals surface area contributed by atoms with Gasteiger partial charge in [-0.15, -0.1) is 0 Å². The first-order valence-corrected chi connectivity index (χ1v) is 7.31. The maximum absolute atomic E-state index is 11.8. The molecule has 0 radical (unpaired) electrons. The molecule has 0 saturated heterocycles. The summed E-state index contributed by atoms with van der Waals surface area (Å²) in [5.74, 6) is -0.0293. The van der Waals surface area contributed by atoms with Gasteiger partial charge in [0, 0.05) is 5.92 Å². The Kier molecular flexibility index (Phi) is 3.87. The molecule has 0 amide bonds. The third-order valence-electron chi connectivity index (χ3n) is 3.79. The molecule has 1 aliphatic rings. The van der Waals surface area contributed by atoms with Crippen LogP contribution in [0, 0.1) is 0 Å². The van der Waals surface area contributed by atoms with Gasteiger partial charge in [0.1, 0.15) is 0 Å². The van der Waals surface area contributed by atoms with Crippen molar-refractivity contribution < 1.29 is 9.53 Å². The van der Waals surface area contributed by atoms with Gasteiger partial charge < -0.3 is 4.74 Å². The molecule has 21 heavy (non-hydrogen) atoms. The van der Waals surface area contributed by atoms with Gasteiger partial charge in [-0.25, -0.2) is 0 Å². The Balaban J connectivity index is 1.96. The van der Waals surface area contributed by atoms with E-state index < -0.39 is 0 Å². The summed E-state index contributed by atoms with van der Waals surface area (Å²) in [5, 5.41) is 0. The maximum Gasteiger partial charge on any atom is 0.306 e. The van der Waals surface area contributed by atoms with Crippen LogP contribution in [0.4, 0.5) is 0 Å². The molecule has 0 saturated carbocycles. The quantitative estimate of drug-likeness (QED) is 0.785. The van der Waals surface area contributed by atoms with Crippen molar-refractivity contribution >= 4 is 11.5 Å². The highest BCUT2D eigenvalue weighted by Gasteiger charge is 2.25. The average Bonchev–Trinajstić information content (AvgIpc) is 2.87. The molecular formula is C19H18O2. The molecule has 2 heteroatoms. The fourth-order valence-electron chi connectivity index (χ4n) is 2.88. The standard InChI is InChI=1S/C19H18O2/c1-2-21-19(20)13-15-12-18(14-8-4-3-5-9-14)17-11-7-6-10-16(15)17/h3-12,15H,2,13H2,1H3. The van der Waals surface area contributed by atoms with Gasteiger partial charge in [-0.05, 0) is 29.2 Å². The molecule has 0 N–H and O–H groups in total. The fourth-order valence-corrected chi connectivity index (χ4v) is 2.88. The molecular weight excluding hydrogens is 260 g/mol. The topological polar surface area (TPSA) is 26.3 Å². The summed E-state index contributed by atoms with van der Waals surface area (Å²) in [6.45, 7) is 2.27. The second kappa shape index (κ2) is 5.96. The number of hydrogen-bond acceptors (Lipinski definition) is 2. The van der Waals surface area contributed by atoms with Gasteiger partial charge in [-0.2, -0.15) is 0 Å². The molecule has 0 bridgehead atoms. The van der Waals surface area contributed by atoms with E-state index in [1.54, 1.807) is 0 Å². The smallest absolute Gasteiger partial charge is 0.306 e. The van der Waals surface area contributed by atoms with Crippen LogP contribution in [0.5, 0.6) is 0 Å². The molecule has 1 atom stereocenters. The van der Waals surface area contributed by atoms with Crippen LogP contribution in [0.2, 0.25) is 0 Å². The van der Waals surface area contributed by atoms with E-state index in [1.807, 2.05) is 37.3 Å². The number of ether oxygens (including phenoxy) is 1. The lowest BCUT2D eigenvalue weighted by Crippen LogP contribution is -2.08. The predicted octanol–water partition coefficient (Wildman–Crippen LogP) is 4.17. The van der Waals surface area contributed by atoms with Crippen molar-refractivity contribution in [1.29, 1.82) is 0 Å². The molecule has 2 aromatic carbocycles. The van der Waals surface area contributed by atoms with E-state index in [4.69, 9.17) is 4.74 Å². The van der Waals surface area contributed by atoms with Gasteiger partial charge >= 0.3 is 5.97 Å². The minimum Gasteiger partial charge on any atom is -0.466 e. The van der Waals surface area contributed by atoms with Crippen molar-refractivity contribution in [3.8, 4) is 0 Å². The molecule has 0 aromatic heterocycles. The zero-order valence-corrected chi connectivity index (χ0v) is 12.1. The van der Waals surface area contributed by atoms with Crippen molar-refractivity contribution in [3.63, 3.8) is 0 Å². The zero-order chi connectivity index (χ0) is 14.7. The molecule has 2 nitrogen and oxygen atoms in total. The van der Waals surface area contributed by atoms with Gasteiger partial charge in [-0.1, -0.05) is 60.7 Å². The number of allylic oxidation sites excluding steroid dienone is 1. The van der Waals surface area contributed by atoms with Gasteiger partial charge in [0.25, 0.3) is 0 Å². The molecule has 2 aromatic rings. The first-order valence-electron chi connectivity index (χ1n) is 7.31. The first kappa shape index (κ1) is 13.6. The van der Waals surface area contributed by atoms with Gasteiger partial charge in [0.15, 0.2) is 0 Å². The summed E-state index contributed by atoms with van der Waals surface area (Å²) in [6, 6.07) is 18.6. The minimum atomic E-state index is -0.136. The minimum absolute atomic E-state index is 0.107. The van der Waals surface area contributed by atoms with Crippen molar-refractivity contribution in [2.45, 2.75) is 19.3 Å². The van der Waals surface area contributed by atoms with Crippen LogP contribution in [-0.2, 0) is 9.53 Å². The fraction of sp³-hybridized carbons (Fsp3) is 0.211. The van der Waals surface area contributed by atoms with E-state index in [-0.39, 0.29) is 11.9 Å². The SMILES string of the molecule is CCOC(=O)CC1C=C(c2ccccc2)c2ccccc21. The summed E-state index contributed by atoms with van der Waals surface area (Å²) in [6.07, 6.45) is 2.60. The monoisotopic (exact) mass is 278 g/mol. The van der Waals surface area contributed by atoms with Crippen LogP contribution in [0.15, 0.2) is 60.7 Å². The van der Waals surface area contributed by atoms with Crippen LogP contribution in [0.25, 0.3) is 5.57 Å². The van der Waals surface area contributed by atoms with Gasteiger partial charge in [0.2, 0.25) is 0 Å². The highest BCUT2D eigenvalue weighted by Crippen LogP contribution is 2.40. The van der Waals surface area contributed by atoms with Gasteiger partial charge in [-0.3, -0.25) is 4.79 Å². The lowest BCUT2D eigenvalue weighted by Gasteiger charge is -2.09. The lowest BCUT2D eigenvalue weighted by molar-refractivity contribution is -0.143. The van der Waals surface area contributed by atoms with Crippen LogP contribution >= 0.6 is 0 Å². The number of esters is 1. The van der Waals surface area contributed by atoms with E-state index in [0.29, 0.717) is 13.0 Å². The Morgan fingerprint density at radius 1 is 1.05 bits per heavy atom. The molecule has 3 rings (SSSR count). The van der Waals surface area contributed by atoms with Crippen molar-refractivity contribution in [2.24, 2.45) is 0 Å². The van der Waals surface area contributed by atoms with E-state index in [9.17, 15) is 4.79 Å². The van der Waals surface area contributed by atoms with Crippen LogP contribution in [0.3, 0.4) is 0 Å². The number of rotatable bonds is 4. The van der Waals surface area contributed by atoms with Crippen LogP contribution < -0.4 is 0 Å². The van der Waals surface area contributed by atoms with Crippen molar-refractivity contribution in [1.82, 2.24) is 0 Å². The highest BCUT2D eigenvalue weighted by molar-refractivity contribution is 5.87. The Bertz CT molecular complexity index is 671. The Labute approximate surface area is 125 Å². The summed E-state index contributed by atoms with van der Waals surface area (Å²) in [7, 11) is 0. The Hall–Kier alpha value is -2.35. The molecule has 0 fully saturated rings. The third-order valence-corrected chi connectivity index (χ3v) is 3.79. The van der Waals surface area contributed by atoms with Crippen LogP contribution in [-0.4, -0.2) is 12.6 Å². The van der Waals surface area contributed by atoms with Gasteiger partial charge in [0.05, 0.1) is 13.0 Å². The molecule has 1 aliphatic carbocycles. The predicted molar refractivity (Wildman–Crippen MR) is 84.0 cm³/mol. The molecule has 1 unspecified atom stereocenters. The highest BCUT2D eigenvalue weighted by atomic mass is 16.5. The summed E-state index contributed by atoms with van der Waals surface area (Å²) in [5.41, 5.74) is 4.83. The number of carbonyl (C=O) groups is 1. The summed E-state index contributed by atoms with van der Waals surface area (Å²) >= 11 is 0. The number of hydrogen-bond donors (Lipinski definition) is 0. The zero-order valence-electron chi connectivity index (χ0n) is 12.1. The molecule has 0 spiro atoms. The van der Waals surface area contributed by atoms with E-state index in [0.717, 1.165) is 0 Å². The maximum atomic E-state index is 11.8. The summed E-state index contributed by atoms with van der Waals surface area (Å²) < 4.78 is 5.09. The number of carbonyl (C=O) groups excluding carboxylic acids is 1. The normalized spacial score (nSPS) is 16.2.